The number of aromatic nitrogens is 1. The molecule has 0 spiro atoms. The molecule has 0 radical (unpaired) electrons. The average Bonchev–Trinajstić information content (AvgIpc) is 3.03. The van der Waals surface area contributed by atoms with Gasteiger partial charge in [-0.3, -0.25) is 4.98 Å². The van der Waals surface area contributed by atoms with Crippen molar-refractivity contribution in [2.45, 2.75) is 24.6 Å². The molecule has 118 valence electrons. The van der Waals surface area contributed by atoms with Crippen molar-refractivity contribution in [3.8, 4) is 0 Å². The van der Waals surface area contributed by atoms with Crippen LogP contribution in [0.15, 0.2) is 54.9 Å². The summed E-state index contributed by atoms with van der Waals surface area (Å²) in [4.78, 5) is 4.04. The lowest BCUT2D eigenvalue weighted by Crippen LogP contribution is -2.29. The highest BCUT2D eigenvalue weighted by Crippen LogP contribution is 2.50. The van der Waals surface area contributed by atoms with Crippen LogP contribution >= 0.6 is 0 Å². The van der Waals surface area contributed by atoms with Crippen LogP contribution in [0, 0.1) is 5.92 Å². The molecule has 1 aromatic heterocycles. The molecule has 1 aromatic carbocycles. The van der Waals surface area contributed by atoms with Gasteiger partial charge in [0.15, 0.2) is 0 Å². The maximum absolute atomic E-state index is 13.0. The standard InChI is InChI=1S/C18H15F3N2/c19-18(20,21)12-4-5-16-15(10-12)13-2-1-3-14(13)17(23-16)11-6-8-22-9-7-11/h1-2,4-10,13-14,17,23H,3H2/t13-,14+,17+/m0/s1. The first-order valence-corrected chi connectivity index (χ1v) is 7.58. The molecule has 1 N–H and O–H groups in total. The van der Waals surface area contributed by atoms with Gasteiger partial charge in [-0.15, -0.1) is 0 Å². The van der Waals surface area contributed by atoms with Crippen LogP contribution in [0.5, 0.6) is 0 Å². The van der Waals surface area contributed by atoms with Crippen molar-refractivity contribution < 1.29 is 13.2 Å². The van der Waals surface area contributed by atoms with Crippen LogP contribution in [-0.4, -0.2) is 4.98 Å². The number of hydrogen-bond donors (Lipinski definition) is 1. The normalized spacial score (nSPS) is 25.6. The zero-order valence-electron chi connectivity index (χ0n) is 12.2. The second-order valence-electron chi connectivity index (χ2n) is 6.06. The van der Waals surface area contributed by atoms with E-state index < -0.39 is 11.7 Å². The topological polar surface area (TPSA) is 24.9 Å². The number of nitrogens with zero attached hydrogens (tertiary/aromatic N) is 1. The molecule has 0 fully saturated rings. The summed E-state index contributed by atoms with van der Waals surface area (Å²) in [5, 5.41) is 3.43. The molecule has 0 saturated carbocycles. The van der Waals surface area contributed by atoms with Crippen molar-refractivity contribution in [3.63, 3.8) is 0 Å². The summed E-state index contributed by atoms with van der Waals surface area (Å²) in [6.45, 7) is 0. The minimum atomic E-state index is -4.31. The highest BCUT2D eigenvalue weighted by molar-refractivity contribution is 5.61. The van der Waals surface area contributed by atoms with Crippen LogP contribution < -0.4 is 5.32 Å². The molecule has 0 bridgehead atoms. The van der Waals surface area contributed by atoms with E-state index in [2.05, 4.69) is 16.4 Å². The van der Waals surface area contributed by atoms with E-state index in [9.17, 15) is 13.2 Å². The van der Waals surface area contributed by atoms with E-state index in [0.717, 1.165) is 29.3 Å². The van der Waals surface area contributed by atoms with Crippen molar-refractivity contribution in [1.29, 1.82) is 0 Å². The molecule has 3 atom stereocenters. The average molecular weight is 316 g/mol. The number of benzene rings is 1. The van der Waals surface area contributed by atoms with E-state index in [-0.39, 0.29) is 17.9 Å². The Hall–Kier alpha value is -2.30. The number of halogens is 3. The number of allylic oxidation sites excluding steroid dienone is 2. The molecular formula is C18H15F3N2. The van der Waals surface area contributed by atoms with Gasteiger partial charge in [0.2, 0.25) is 0 Å². The van der Waals surface area contributed by atoms with E-state index in [1.165, 1.54) is 6.07 Å². The van der Waals surface area contributed by atoms with Gasteiger partial charge in [0.25, 0.3) is 0 Å². The monoisotopic (exact) mass is 316 g/mol. The summed E-state index contributed by atoms with van der Waals surface area (Å²) >= 11 is 0. The lowest BCUT2D eigenvalue weighted by atomic mass is 9.77. The molecule has 0 unspecified atom stereocenters. The van der Waals surface area contributed by atoms with Crippen molar-refractivity contribution >= 4 is 5.69 Å². The van der Waals surface area contributed by atoms with Crippen molar-refractivity contribution in [3.05, 3.63) is 71.6 Å². The molecule has 23 heavy (non-hydrogen) atoms. The highest BCUT2D eigenvalue weighted by Gasteiger charge is 2.39. The zero-order chi connectivity index (χ0) is 16.0. The van der Waals surface area contributed by atoms with Crippen LogP contribution in [0.25, 0.3) is 0 Å². The predicted molar refractivity (Wildman–Crippen MR) is 82.0 cm³/mol. The van der Waals surface area contributed by atoms with Crippen molar-refractivity contribution in [1.82, 2.24) is 4.98 Å². The Bertz CT molecular complexity index is 753. The fraction of sp³-hybridized carbons (Fsp3) is 0.278. The maximum Gasteiger partial charge on any atom is 0.416 e. The van der Waals surface area contributed by atoms with Crippen LogP contribution in [0.2, 0.25) is 0 Å². The zero-order valence-corrected chi connectivity index (χ0v) is 12.2. The minimum Gasteiger partial charge on any atom is -0.378 e. The molecule has 4 rings (SSSR count). The SMILES string of the molecule is FC(F)(F)c1ccc2c(c1)[C@H]1C=CC[C@H]1[C@@H](c1ccncc1)N2. The van der Waals surface area contributed by atoms with Crippen LogP contribution in [0.1, 0.15) is 35.1 Å². The number of alkyl halides is 3. The van der Waals surface area contributed by atoms with Crippen molar-refractivity contribution in [2.24, 2.45) is 5.92 Å². The third-order valence-corrected chi connectivity index (χ3v) is 4.76. The largest absolute Gasteiger partial charge is 0.416 e. The fourth-order valence-corrected chi connectivity index (χ4v) is 3.67. The smallest absolute Gasteiger partial charge is 0.378 e. The maximum atomic E-state index is 13.0. The molecule has 0 amide bonds. The van der Waals surface area contributed by atoms with Gasteiger partial charge < -0.3 is 5.32 Å². The molecule has 2 aromatic rings. The number of fused-ring (bicyclic) bond motifs is 3. The van der Waals surface area contributed by atoms with Crippen LogP contribution in [0.4, 0.5) is 18.9 Å². The second-order valence-corrected chi connectivity index (χ2v) is 6.06. The molecule has 2 aliphatic rings. The predicted octanol–water partition coefficient (Wildman–Crippen LogP) is 4.93. The Morgan fingerprint density at radius 1 is 1.09 bits per heavy atom. The third-order valence-electron chi connectivity index (χ3n) is 4.76. The summed E-state index contributed by atoms with van der Waals surface area (Å²) in [5.74, 6) is 0.250. The highest BCUT2D eigenvalue weighted by atomic mass is 19.4. The fourth-order valence-electron chi connectivity index (χ4n) is 3.67. The van der Waals surface area contributed by atoms with E-state index in [1.807, 2.05) is 18.2 Å². The molecular weight excluding hydrogens is 301 g/mol. The summed E-state index contributed by atoms with van der Waals surface area (Å²) in [5.41, 5.74) is 2.06. The van der Waals surface area contributed by atoms with E-state index in [1.54, 1.807) is 18.5 Å². The first kappa shape index (κ1) is 14.3. The molecule has 2 heterocycles. The van der Waals surface area contributed by atoms with Gasteiger partial charge in [0, 0.05) is 24.0 Å². The van der Waals surface area contributed by atoms with Gasteiger partial charge in [0.05, 0.1) is 11.6 Å². The Morgan fingerprint density at radius 3 is 2.61 bits per heavy atom. The van der Waals surface area contributed by atoms with Gasteiger partial charge >= 0.3 is 6.18 Å². The minimum absolute atomic E-state index is 0.0201. The van der Waals surface area contributed by atoms with E-state index in [0.29, 0.717) is 0 Å². The Labute approximate surface area is 132 Å². The molecule has 5 heteroatoms. The summed E-state index contributed by atoms with van der Waals surface area (Å²) < 4.78 is 39.0. The van der Waals surface area contributed by atoms with Gasteiger partial charge in [0.1, 0.15) is 0 Å². The number of pyridine rings is 1. The molecule has 0 saturated heterocycles. The molecule has 1 aliphatic carbocycles. The van der Waals surface area contributed by atoms with Gasteiger partial charge in [-0.1, -0.05) is 12.2 Å². The first-order valence-electron chi connectivity index (χ1n) is 7.58. The third kappa shape index (κ3) is 2.40. The second kappa shape index (κ2) is 5.11. The van der Waals surface area contributed by atoms with Gasteiger partial charge in [-0.25, -0.2) is 0 Å². The Morgan fingerprint density at radius 2 is 1.87 bits per heavy atom. The number of rotatable bonds is 1. The van der Waals surface area contributed by atoms with Crippen molar-refractivity contribution in [2.75, 3.05) is 5.32 Å². The van der Waals surface area contributed by atoms with Gasteiger partial charge in [-0.05, 0) is 53.8 Å². The number of hydrogen-bond acceptors (Lipinski definition) is 2. The van der Waals surface area contributed by atoms with E-state index in [4.69, 9.17) is 0 Å². The lowest BCUT2D eigenvalue weighted by Gasteiger charge is -2.37. The Balaban J connectivity index is 1.78. The Kier molecular flexibility index (Phi) is 3.18. The molecule has 2 nitrogen and oxygen atoms in total. The summed E-state index contributed by atoms with van der Waals surface area (Å²) in [6, 6.07) is 7.99. The quantitative estimate of drug-likeness (QED) is 0.755. The lowest BCUT2D eigenvalue weighted by molar-refractivity contribution is -0.137. The summed E-state index contributed by atoms with van der Waals surface area (Å²) in [7, 11) is 0. The molecule has 1 aliphatic heterocycles. The van der Waals surface area contributed by atoms with Crippen LogP contribution in [-0.2, 0) is 6.18 Å². The van der Waals surface area contributed by atoms with Crippen LogP contribution in [0.3, 0.4) is 0 Å². The van der Waals surface area contributed by atoms with Gasteiger partial charge in [-0.2, -0.15) is 13.2 Å². The van der Waals surface area contributed by atoms with E-state index >= 15 is 0 Å². The number of nitrogens with one attached hydrogen (secondary N) is 1. The number of anilines is 1. The summed E-state index contributed by atoms with van der Waals surface area (Å²) in [6.07, 6.45) is 4.15. The first-order chi connectivity index (χ1) is 11.0.